The van der Waals surface area contributed by atoms with Crippen LogP contribution in [0, 0.1) is 0 Å². The number of nitrogens with zero attached hydrogens (tertiary/aromatic N) is 3. The second-order valence-electron chi connectivity index (χ2n) is 7.73. The number of carbonyl (C=O) groups excluding carboxylic acids is 1. The smallest absolute Gasteiger partial charge is 0.251 e. The number of rotatable bonds is 7. The highest BCUT2D eigenvalue weighted by molar-refractivity contribution is 7.84. The Hall–Kier alpha value is -3.30. The maximum atomic E-state index is 12.2. The number of aromatic nitrogens is 3. The topological polar surface area (TPSA) is 96.9 Å². The number of anilines is 1. The molecule has 34 heavy (non-hydrogen) atoms. The molecule has 2 aromatic carbocycles. The van der Waals surface area contributed by atoms with Gasteiger partial charge in [-0.1, -0.05) is 37.3 Å². The maximum Gasteiger partial charge on any atom is 0.251 e. The van der Waals surface area contributed by atoms with Gasteiger partial charge in [-0.05, 0) is 23.8 Å². The molecule has 0 aliphatic rings. The summed E-state index contributed by atoms with van der Waals surface area (Å²) in [5.74, 6) is 0.713. The average molecular weight is 494 g/mol. The largest absolute Gasteiger partial charge is 0.369 e. The number of nitrogens with one attached hydrogen (secondary N) is 2. The standard InChI is InChI=1S/C25H25N5O2S.H2S/c1-16(19-5-4-6-20-21(25(31)26-2)11-12-27-24(19)20)14-28-23-13-22(29-15-30-23)17-7-9-18(10-8-17)33(3)32;/h4-13,15-16H,14H2,1-3H3,(H,26,31)(H,28,29,30);1H2/t16-,33?;/m1./s1. The lowest BCUT2D eigenvalue weighted by atomic mass is 9.96. The molecule has 4 rings (SSSR count). The van der Waals surface area contributed by atoms with Crippen LogP contribution in [0.15, 0.2) is 72.0 Å². The highest BCUT2D eigenvalue weighted by Crippen LogP contribution is 2.27. The molecule has 0 aliphatic carbocycles. The fourth-order valence-corrected chi connectivity index (χ4v) is 4.25. The quantitative estimate of drug-likeness (QED) is 0.402. The number of fused-ring (bicyclic) bond motifs is 1. The molecule has 1 unspecified atom stereocenters. The van der Waals surface area contributed by atoms with Crippen molar-refractivity contribution in [3.05, 3.63) is 78.2 Å². The molecule has 2 atom stereocenters. The number of para-hydroxylation sites is 1. The van der Waals surface area contributed by atoms with Crippen molar-refractivity contribution in [3.8, 4) is 11.3 Å². The van der Waals surface area contributed by atoms with Gasteiger partial charge in [-0.3, -0.25) is 14.0 Å². The Morgan fingerprint density at radius 3 is 2.53 bits per heavy atom. The molecule has 0 saturated heterocycles. The van der Waals surface area contributed by atoms with E-state index in [-0.39, 0.29) is 25.3 Å². The van der Waals surface area contributed by atoms with Crippen molar-refractivity contribution in [2.24, 2.45) is 0 Å². The summed E-state index contributed by atoms with van der Waals surface area (Å²) < 4.78 is 11.6. The predicted octanol–water partition coefficient (Wildman–Crippen LogP) is 4.12. The van der Waals surface area contributed by atoms with Crippen LogP contribution in [0.5, 0.6) is 0 Å². The van der Waals surface area contributed by atoms with Crippen LogP contribution in [0.4, 0.5) is 5.82 Å². The third-order valence-electron chi connectivity index (χ3n) is 5.54. The molecule has 9 heteroatoms. The van der Waals surface area contributed by atoms with Gasteiger partial charge in [0.2, 0.25) is 0 Å². The van der Waals surface area contributed by atoms with Crippen molar-refractivity contribution < 1.29 is 9.00 Å². The van der Waals surface area contributed by atoms with Gasteiger partial charge in [-0.25, -0.2) is 9.97 Å². The Bertz CT molecular complexity index is 1330. The summed E-state index contributed by atoms with van der Waals surface area (Å²) in [6, 6.07) is 17.1. The average Bonchev–Trinajstić information content (AvgIpc) is 2.86. The third kappa shape index (κ3) is 5.43. The van der Waals surface area contributed by atoms with Crippen molar-refractivity contribution in [1.82, 2.24) is 20.3 Å². The van der Waals surface area contributed by atoms with Crippen LogP contribution in [0.3, 0.4) is 0 Å². The molecule has 2 heterocycles. The van der Waals surface area contributed by atoms with Crippen LogP contribution in [0.2, 0.25) is 0 Å². The second kappa shape index (κ2) is 11.2. The molecule has 2 aromatic heterocycles. The zero-order valence-electron chi connectivity index (χ0n) is 19.2. The van der Waals surface area contributed by atoms with Gasteiger partial charge in [0.05, 0.1) is 16.8 Å². The van der Waals surface area contributed by atoms with Crippen molar-refractivity contribution in [1.29, 1.82) is 0 Å². The lowest BCUT2D eigenvalue weighted by Crippen LogP contribution is -2.18. The summed E-state index contributed by atoms with van der Waals surface area (Å²) in [4.78, 5) is 26.3. The normalized spacial score (nSPS) is 12.4. The molecule has 0 saturated carbocycles. The van der Waals surface area contributed by atoms with Gasteiger partial charge in [0, 0.05) is 64.7 Å². The maximum absolute atomic E-state index is 12.2. The molecule has 0 radical (unpaired) electrons. The van der Waals surface area contributed by atoms with Crippen molar-refractivity contribution in [2.75, 3.05) is 25.2 Å². The SMILES string of the molecule is CNC(=O)c1ccnc2c([C@H](C)CNc3cc(-c4ccc(S(C)=O)cc4)ncn3)cccc12.S. The van der Waals surface area contributed by atoms with Gasteiger partial charge in [0.25, 0.3) is 5.91 Å². The van der Waals surface area contributed by atoms with E-state index in [4.69, 9.17) is 0 Å². The van der Waals surface area contributed by atoms with Gasteiger partial charge in [-0.15, -0.1) is 0 Å². The van der Waals surface area contributed by atoms with E-state index < -0.39 is 10.8 Å². The molecule has 1 amide bonds. The number of hydrogen-bond donors (Lipinski definition) is 2. The molecular formula is C25H27N5O2S2. The second-order valence-corrected chi connectivity index (χ2v) is 9.11. The van der Waals surface area contributed by atoms with Gasteiger partial charge in [-0.2, -0.15) is 13.5 Å². The number of amides is 1. The monoisotopic (exact) mass is 493 g/mol. The van der Waals surface area contributed by atoms with E-state index >= 15 is 0 Å². The van der Waals surface area contributed by atoms with E-state index in [1.165, 1.54) is 6.33 Å². The number of carbonyl (C=O) groups is 1. The van der Waals surface area contributed by atoms with Crippen LogP contribution in [0.25, 0.3) is 22.2 Å². The predicted molar refractivity (Wildman–Crippen MR) is 142 cm³/mol. The molecule has 0 fully saturated rings. The molecule has 0 bridgehead atoms. The lowest BCUT2D eigenvalue weighted by Gasteiger charge is -2.16. The van der Waals surface area contributed by atoms with Gasteiger partial charge >= 0.3 is 0 Å². The fraction of sp³-hybridized carbons (Fsp3) is 0.200. The minimum absolute atomic E-state index is 0. The molecular weight excluding hydrogens is 466 g/mol. The first-order valence-corrected chi connectivity index (χ1v) is 12.1. The summed E-state index contributed by atoms with van der Waals surface area (Å²) in [6.45, 7) is 2.75. The van der Waals surface area contributed by atoms with E-state index in [2.05, 4.69) is 32.5 Å². The minimum atomic E-state index is -1.01. The van der Waals surface area contributed by atoms with E-state index in [1.54, 1.807) is 25.6 Å². The van der Waals surface area contributed by atoms with Crippen LogP contribution in [-0.2, 0) is 10.8 Å². The summed E-state index contributed by atoms with van der Waals surface area (Å²) in [7, 11) is 0.613. The Morgan fingerprint density at radius 1 is 1.06 bits per heavy atom. The summed E-state index contributed by atoms with van der Waals surface area (Å²) in [6.07, 6.45) is 4.86. The number of benzene rings is 2. The van der Waals surface area contributed by atoms with Crippen molar-refractivity contribution >= 4 is 46.9 Å². The van der Waals surface area contributed by atoms with Gasteiger partial charge < -0.3 is 10.6 Å². The summed E-state index contributed by atoms with van der Waals surface area (Å²) in [5, 5.41) is 6.91. The highest BCUT2D eigenvalue weighted by Gasteiger charge is 2.15. The van der Waals surface area contributed by atoms with E-state index in [0.29, 0.717) is 17.9 Å². The van der Waals surface area contributed by atoms with Crippen LogP contribution >= 0.6 is 13.5 Å². The van der Waals surface area contributed by atoms with Gasteiger partial charge in [0.15, 0.2) is 0 Å². The third-order valence-corrected chi connectivity index (χ3v) is 6.48. The van der Waals surface area contributed by atoms with Crippen molar-refractivity contribution in [2.45, 2.75) is 17.7 Å². The molecule has 4 aromatic rings. The Balaban J connectivity index is 0.00000324. The first-order valence-electron chi connectivity index (χ1n) is 10.6. The van der Waals surface area contributed by atoms with E-state index in [9.17, 15) is 9.00 Å². The van der Waals surface area contributed by atoms with Crippen LogP contribution in [0.1, 0.15) is 28.8 Å². The van der Waals surface area contributed by atoms with Gasteiger partial charge in [0.1, 0.15) is 12.1 Å². The van der Waals surface area contributed by atoms with E-state index in [0.717, 1.165) is 32.6 Å². The van der Waals surface area contributed by atoms with E-state index in [1.807, 2.05) is 48.5 Å². The first-order chi connectivity index (χ1) is 16.0. The molecule has 2 N–H and O–H groups in total. The van der Waals surface area contributed by atoms with Crippen LogP contribution in [-0.4, -0.2) is 44.9 Å². The zero-order valence-corrected chi connectivity index (χ0v) is 21.0. The fourth-order valence-electron chi connectivity index (χ4n) is 3.73. The van der Waals surface area contributed by atoms with Crippen LogP contribution < -0.4 is 10.6 Å². The number of hydrogen-bond acceptors (Lipinski definition) is 6. The minimum Gasteiger partial charge on any atom is -0.369 e. The molecule has 0 spiro atoms. The molecule has 7 nitrogen and oxygen atoms in total. The molecule has 0 aliphatic heterocycles. The summed E-state index contributed by atoms with van der Waals surface area (Å²) >= 11 is 0. The number of pyridine rings is 1. The van der Waals surface area contributed by atoms with Crippen molar-refractivity contribution in [3.63, 3.8) is 0 Å². The Morgan fingerprint density at radius 2 is 1.82 bits per heavy atom. The molecule has 176 valence electrons. The lowest BCUT2D eigenvalue weighted by molar-refractivity contribution is 0.0964. The Kier molecular flexibility index (Phi) is 8.36. The summed E-state index contributed by atoms with van der Waals surface area (Å²) in [5.41, 5.74) is 4.22. The zero-order chi connectivity index (χ0) is 23.4. The first kappa shape index (κ1) is 25.3. The highest BCUT2D eigenvalue weighted by atomic mass is 32.2. The Labute approximate surface area is 208 Å².